The molecule has 4 nitrogen and oxygen atoms in total. The number of nitrogens with zero attached hydrogens (tertiary/aromatic N) is 1. The summed E-state index contributed by atoms with van der Waals surface area (Å²) in [5, 5.41) is 3.86. The standard InChI is InChI=1S/C17H13ClN2O2S/c1-22-14-9-5-4-8-13(14)19-17-20-16(21)15(23-17)10-11-6-2-3-7-12(11)18/h2-10H,1H3,(H,19,20,21)/b15-10-. The van der Waals surface area contributed by atoms with E-state index in [0.717, 1.165) is 5.56 Å². The fourth-order valence-electron chi connectivity index (χ4n) is 2.05. The van der Waals surface area contributed by atoms with Gasteiger partial charge >= 0.3 is 0 Å². The molecule has 0 atom stereocenters. The number of amides is 1. The molecule has 6 heteroatoms. The van der Waals surface area contributed by atoms with Gasteiger partial charge in [-0.2, -0.15) is 0 Å². The molecule has 1 N–H and O–H groups in total. The van der Waals surface area contributed by atoms with Crippen molar-refractivity contribution in [3.63, 3.8) is 0 Å². The van der Waals surface area contributed by atoms with Gasteiger partial charge in [-0.05, 0) is 41.6 Å². The van der Waals surface area contributed by atoms with Crippen LogP contribution in [0.25, 0.3) is 6.08 Å². The van der Waals surface area contributed by atoms with Crippen molar-refractivity contribution in [2.24, 2.45) is 4.99 Å². The van der Waals surface area contributed by atoms with E-state index in [0.29, 0.717) is 26.5 Å². The molecule has 0 saturated carbocycles. The number of amidine groups is 1. The van der Waals surface area contributed by atoms with Crippen molar-refractivity contribution in [1.82, 2.24) is 5.32 Å². The zero-order valence-corrected chi connectivity index (χ0v) is 13.8. The second-order valence-corrected chi connectivity index (χ2v) is 6.11. The normalized spacial score (nSPS) is 17.6. The van der Waals surface area contributed by atoms with Crippen LogP contribution in [0.15, 0.2) is 58.4 Å². The van der Waals surface area contributed by atoms with Crippen LogP contribution in [0, 0.1) is 0 Å². The molecule has 1 heterocycles. The lowest BCUT2D eigenvalue weighted by molar-refractivity contribution is -0.115. The summed E-state index contributed by atoms with van der Waals surface area (Å²) in [6.45, 7) is 0. The highest BCUT2D eigenvalue weighted by Crippen LogP contribution is 2.32. The smallest absolute Gasteiger partial charge is 0.264 e. The van der Waals surface area contributed by atoms with Crippen LogP contribution in [0.4, 0.5) is 5.69 Å². The van der Waals surface area contributed by atoms with E-state index in [1.807, 2.05) is 42.5 Å². The SMILES string of the molecule is COc1ccccc1N=C1NC(=O)/C(=C/c2ccccc2Cl)S1. The minimum absolute atomic E-state index is 0.191. The Morgan fingerprint density at radius 2 is 1.91 bits per heavy atom. The molecule has 2 aromatic carbocycles. The summed E-state index contributed by atoms with van der Waals surface area (Å²) in [6, 6.07) is 14.7. The summed E-state index contributed by atoms with van der Waals surface area (Å²) in [5.41, 5.74) is 1.46. The van der Waals surface area contributed by atoms with E-state index in [1.165, 1.54) is 11.8 Å². The van der Waals surface area contributed by atoms with Crippen molar-refractivity contribution < 1.29 is 9.53 Å². The van der Waals surface area contributed by atoms with Crippen LogP contribution in [0.5, 0.6) is 5.75 Å². The number of hydrogen-bond donors (Lipinski definition) is 1. The number of benzene rings is 2. The Morgan fingerprint density at radius 1 is 1.17 bits per heavy atom. The molecule has 2 aromatic rings. The third-order valence-electron chi connectivity index (χ3n) is 3.15. The van der Waals surface area contributed by atoms with E-state index in [9.17, 15) is 4.79 Å². The fraction of sp³-hybridized carbons (Fsp3) is 0.0588. The molecule has 1 fully saturated rings. The first-order valence-electron chi connectivity index (χ1n) is 6.84. The maximum absolute atomic E-state index is 12.1. The number of halogens is 1. The van der Waals surface area contributed by atoms with E-state index < -0.39 is 0 Å². The van der Waals surface area contributed by atoms with Gasteiger partial charge in [-0.15, -0.1) is 0 Å². The van der Waals surface area contributed by atoms with Crippen LogP contribution in [0.1, 0.15) is 5.56 Å². The Labute approximate surface area is 143 Å². The summed E-state index contributed by atoms with van der Waals surface area (Å²) in [5.74, 6) is 0.460. The predicted octanol–water partition coefficient (Wildman–Crippen LogP) is 4.24. The second kappa shape index (κ2) is 6.89. The minimum atomic E-state index is -0.191. The van der Waals surface area contributed by atoms with Gasteiger partial charge in [0.15, 0.2) is 5.17 Å². The first-order chi connectivity index (χ1) is 11.2. The fourth-order valence-corrected chi connectivity index (χ4v) is 3.06. The second-order valence-electron chi connectivity index (χ2n) is 4.68. The van der Waals surface area contributed by atoms with Gasteiger partial charge in [0.05, 0.1) is 12.0 Å². The highest BCUT2D eigenvalue weighted by atomic mass is 35.5. The lowest BCUT2D eigenvalue weighted by atomic mass is 10.2. The third-order valence-corrected chi connectivity index (χ3v) is 4.40. The Hall–Kier alpha value is -2.24. The molecule has 0 radical (unpaired) electrons. The van der Waals surface area contributed by atoms with E-state index in [1.54, 1.807) is 19.3 Å². The number of para-hydroxylation sites is 2. The van der Waals surface area contributed by atoms with E-state index in [2.05, 4.69) is 10.3 Å². The highest BCUT2D eigenvalue weighted by Gasteiger charge is 2.24. The Bertz CT molecular complexity index is 818. The van der Waals surface area contributed by atoms with Crippen LogP contribution in [-0.4, -0.2) is 18.2 Å². The molecule has 0 aromatic heterocycles. The van der Waals surface area contributed by atoms with Crippen LogP contribution < -0.4 is 10.1 Å². The third kappa shape index (κ3) is 3.57. The number of ether oxygens (including phenoxy) is 1. The van der Waals surface area contributed by atoms with Crippen molar-refractivity contribution in [3.8, 4) is 5.75 Å². The first kappa shape index (κ1) is 15.6. The molecular formula is C17H13ClN2O2S. The van der Waals surface area contributed by atoms with Gasteiger partial charge in [-0.1, -0.05) is 41.9 Å². The predicted molar refractivity (Wildman–Crippen MR) is 95.3 cm³/mol. The molecule has 0 bridgehead atoms. The van der Waals surface area contributed by atoms with Crippen molar-refractivity contribution in [1.29, 1.82) is 0 Å². The number of aliphatic imine (C=N–C) groups is 1. The Balaban J connectivity index is 1.88. The average Bonchev–Trinajstić information content (AvgIpc) is 2.89. The van der Waals surface area contributed by atoms with Gasteiger partial charge in [-0.25, -0.2) is 4.99 Å². The van der Waals surface area contributed by atoms with E-state index in [4.69, 9.17) is 16.3 Å². The number of carbonyl (C=O) groups is 1. The molecule has 3 rings (SSSR count). The van der Waals surface area contributed by atoms with Crippen molar-refractivity contribution in [2.45, 2.75) is 0 Å². The van der Waals surface area contributed by atoms with Crippen LogP contribution in [-0.2, 0) is 4.79 Å². The zero-order valence-electron chi connectivity index (χ0n) is 12.2. The maximum atomic E-state index is 12.1. The Kier molecular flexibility index (Phi) is 4.69. The quantitative estimate of drug-likeness (QED) is 0.847. The van der Waals surface area contributed by atoms with Crippen LogP contribution >= 0.6 is 23.4 Å². The van der Waals surface area contributed by atoms with Crippen molar-refractivity contribution in [2.75, 3.05) is 7.11 Å². The number of carbonyl (C=O) groups excluding carboxylic acids is 1. The van der Waals surface area contributed by atoms with Gasteiger partial charge in [0, 0.05) is 5.02 Å². The van der Waals surface area contributed by atoms with Crippen molar-refractivity contribution >= 4 is 46.2 Å². The number of thioether (sulfide) groups is 1. The van der Waals surface area contributed by atoms with Gasteiger partial charge in [0.25, 0.3) is 5.91 Å². The Morgan fingerprint density at radius 3 is 2.70 bits per heavy atom. The number of methoxy groups -OCH3 is 1. The zero-order chi connectivity index (χ0) is 16.2. The molecule has 1 aliphatic rings. The molecule has 116 valence electrons. The highest BCUT2D eigenvalue weighted by molar-refractivity contribution is 8.18. The van der Waals surface area contributed by atoms with Gasteiger partial charge in [0.1, 0.15) is 11.4 Å². The largest absolute Gasteiger partial charge is 0.494 e. The summed E-state index contributed by atoms with van der Waals surface area (Å²) in [6.07, 6.45) is 1.76. The van der Waals surface area contributed by atoms with Crippen LogP contribution in [0.3, 0.4) is 0 Å². The summed E-state index contributed by atoms with van der Waals surface area (Å²) in [4.78, 5) is 17.1. The average molecular weight is 345 g/mol. The summed E-state index contributed by atoms with van der Waals surface area (Å²) in [7, 11) is 1.59. The maximum Gasteiger partial charge on any atom is 0.264 e. The molecular weight excluding hydrogens is 332 g/mol. The van der Waals surface area contributed by atoms with Gasteiger partial charge in [0.2, 0.25) is 0 Å². The minimum Gasteiger partial charge on any atom is -0.494 e. The molecule has 0 spiro atoms. The molecule has 23 heavy (non-hydrogen) atoms. The lowest BCUT2D eigenvalue weighted by Crippen LogP contribution is -2.19. The molecule has 1 amide bonds. The lowest BCUT2D eigenvalue weighted by Gasteiger charge is -2.03. The molecule has 1 saturated heterocycles. The number of hydrogen-bond acceptors (Lipinski definition) is 4. The number of nitrogens with one attached hydrogen (secondary N) is 1. The van der Waals surface area contributed by atoms with E-state index >= 15 is 0 Å². The summed E-state index contributed by atoms with van der Waals surface area (Å²) < 4.78 is 5.26. The molecule has 1 aliphatic heterocycles. The van der Waals surface area contributed by atoms with Crippen molar-refractivity contribution in [3.05, 3.63) is 64.0 Å². The van der Waals surface area contributed by atoms with Crippen LogP contribution in [0.2, 0.25) is 5.02 Å². The van der Waals surface area contributed by atoms with E-state index in [-0.39, 0.29) is 5.91 Å². The topological polar surface area (TPSA) is 50.7 Å². The van der Waals surface area contributed by atoms with Gasteiger partial charge < -0.3 is 10.1 Å². The monoisotopic (exact) mass is 344 g/mol. The molecule has 0 aliphatic carbocycles. The first-order valence-corrected chi connectivity index (χ1v) is 8.04. The number of rotatable bonds is 3. The summed E-state index contributed by atoms with van der Waals surface area (Å²) >= 11 is 7.40. The van der Waals surface area contributed by atoms with Gasteiger partial charge in [-0.3, -0.25) is 4.79 Å². The molecule has 0 unspecified atom stereocenters.